The second-order valence-corrected chi connectivity index (χ2v) is 6.65. The van der Waals surface area contributed by atoms with Gasteiger partial charge >= 0.3 is 0 Å². The van der Waals surface area contributed by atoms with Gasteiger partial charge in [0.05, 0.1) is 12.6 Å². The van der Waals surface area contributed by atoms with E-state index in [1.54, 1.807) is 37.4 Å². The van der Waals surface area contributed by atoms with Crippen molar-refractivity contribution in [2.24, 2.45) is 0 Å². The Bertz CT molecular complexity index is 782. The van der Waals surface area contributed by atoms with Crippen molar-refractivity contribution in [3.05, 3.63) is 47.3 Å². The van der Waals surface area contributed by atoms with Gasteiger partial charge < -0.3 is 18.9 Å². The molecule has 1 atom stereocenters. The lowest BCUT2D eigenvalue weighted by Gasteiger charge is -2.34. The van der Waals surface area contributed by atoms with Gasteiger partial charge in [-0.1, -0.05) is 5.16 Å². The molecule has 0 aliphatic carbocycles. The fourth-order valence-electron chi connectivity index (χ4n) is 3.20. The molecular formula is C20H24N2O5. The van der Waals surface area contributed by atoms with E-state index < -0.39 is 0 Å². The highest BCUT2D eigenvalue weighted by Crippen LogP contribution is 2.21. The maximum Gasteiger partial charge on any atom is 0.276 e. The summed E-state index contributed by atoms with van der Waals surface area (Å²) < 4.78 is 16.1. The third kappa shape index (κ3) is 4.74. The third-order valence-corrected chi connectivity index (χ3v) is 4.67. The van der Waals surface area contributed by atoms with Crippen LogP contribution in [-0.2, 0) is 11.3 Å². The molecule has 1 aliphatic heterocycles. The van der Waals surface area contributed by atoms with Crippen LogP contribution in [-0.4, -0.2) is 48.1 Å². The number of hydrogen-bond acceptors (Lipinski definition) is 6. The zero-order valence-corrected chi connectivity index (χ0v) is 15.6. The number of piperidine rings is 1. The maximum absolute atomic E-state index is 12.7. The number of carbonyl (C=O) groups is 2. The van der Waals surface area contributed by atoms with Crippen LogP contribution >= 0.6 is 0 Å². The monoisotopic (exact) mass is 372 g/mol. The van der Waals surface area contributed by atoms with Gasteiger partial charge in [-0.2, -0.15) is 0 Å². The van der Waals surface area contributed by atoms with Crippen LogP contribution < -0.4 is 4.74 Å². The Morgan fingerprint density at radius 1 is 1.26 bits per heavy atom. The highest BCUT2D eigenvalue weighted by atomic mass is 16.5. The van der Waals surface area contributed by atoms with Crippen LogP contribution in [0.15, 0.2) is 34.9 Å². The highest BCUT2D eigenvalue weighted by molar-refractivity contribution is 5.94. The predicted octanol–water partition coefficient (Wildman–Crippen LogP) is 3.10. The normalized spacial score (nSPS) is 17.0. The number of Topliss-reactive ketones (excluding diaryl/α,β-unsaturated/α-hetero) is 1. The van der Waals surface area contributed by atoms with E-state index >= 15 is 0 Å². The zero-order valence-electron chi connectivity index (χ0n) is 15.6. The molecule has 0 unspecified atom stereocenters. The van der Waals surface area contributed by atoms with Crippen molar-refractivity contribution in [2.75, 3.05) is 20.3 Å². The summed E-state index contributed by atoms with van der Waals surface area (Å²) in [6, 6.07) is 8.56. The molecule has 0 spiro atoms. The van der Waals surface area contributed by atoms with Gasteiger partial charge in [0.15, 0.2) is 17.2 Å². The number of rotatable bonds is 7. The SMILES string of the molecule is COC[C@@H]1CCCCN1C(=O)c1cc(COc2ccc(C(C)=O)cc2)on1. The van der Waals surface area contributed by atoms with E-state index in [0.717, 1.165) is 19.3 Å². The lowest BCUT2D eigenvalue weighted by atomic mass is 10.0. The number of ether oxygens (including phenoxy) is 2. The number of nitrogens with zero attached hydrogens (tertiary/aromatic N) is 2. The van der Waals surface area contributed by atoms with Crippen LogP contribution in [0.4, 0.5) is 0 Å². The highest BCUT2D eigenvalue weighted by Gasteiger charge is 2.29. The summed E-state index contributed by atoms with van der Waals surface area (Å²) in [5.41, 5.74) is 0.908. The molecule has 1 aromatic heterocycles. The largest absolute Gasteiger partial charge is 0.486 e. The van der Waals surface area contributed by atoms with E-state index in [1.807, 2.05) is 4.90 Å². The molecule has 1 aromatic carbocycles. The standard InChI is InChI=1S/C20H24N2O5/c1-14(23)15-6-8-17(9-7-15)26-13-18-11-19(21-27-18)20(24)22-10-4-3-5-16(22)12-25-2/h6-9,11,16H,3-5,10,12-13H2,1-2H3/t16-/m0/s1. The van der Waals surface area contributed by atoms with E-state index in [0.29, 0.717) is 30.2 Å². The predicted molar refractivity (Wildman–Crippen MR) is 97.8 cm³/mol. The van der Waals surface area contributed by atoms with Crippen LogP contribution in [0.25, 0.3) is 0 Å². The lowest BCUT2D eigenvalue weighted by molar-refractivity contribution is 0.0419. The molecule has 2 heterocycles. The first kappa shape index (κ1) is 19.1. The molecule has 1 amide bonds. The molecule has 3 rings (SSSR count). The molecule has 1 saturated heterocycles. The summed E-state index contributed by atoms with van der Waals surface area (Å²) in [6.07, 6.45) is 3.01. The molecule has 144 valence electrons. The number of ketones is 1. The summed E-state index contributed by atoms with van der Waals surface area (Å²) in [5.74, 6) is 0.941. The average molecular weight is 372 g/mol. The van der Waals surface area contributed by atoms with Crippen molar-refractivity contribution >= 4 is 11.7 Å². The number of benzene rings is 1. The Balaban J connectivity index is 1.60. The second-order valence-electron chi connectivity index (χ2n) is 6.65. The van der Waals surface area contributed by atoms with E-state index in [-0.39, 0.29) is 30.0 Å². The quantitative estimate of drug-likeness (QED) is 0.695. The van der Waals surface area contributed by atoms with Crippen molar-refractivity contribution in [3.63, 3.8) is 0 Å². The van der Waals surface area contributed by atoms with Crippen LogP contribution in [0.5, 0.6) is 5.75 Å². The van der Waals surface area contributed by atoms with Gasteiger partial charge in [-0.15, -0.1) is 0 Å². The second kappa shape index (κ2) is 8.81. The first-order chi connectivity index (χ1) is 13.1. The summed E-state index contributed by atoms with van der Waals surface area (Å²) in [7, 11) is 1.64. The van der Waals surface area contributed by atoms with Gasteiger partial charge in [-0.3, -0.25) is 9.59 Å². The van der Waals surface area contributed by atoms with Crippen LogP contribution in [0.2, 0.25) is 0 Å². The van der Waals surface area contributed by atoms with E-state index in [4.69, 9.17) is 14.0 Å². The average Bonchev–Trinajstić information content (AvgIpc) is 3.16. The zero-order chi connectivity index (χ0) is 19.2. The number of methoxy groups -OCH3 is 1. The number of hydrogen-bond donors (Lipinski definition) is 0. The van der Waals surface area contributed by atoms with Gasteiger partial charge in [0, 0.05) is 25.3 Å². The molecular weight excluding hydrogens is 348 g/mol. The Morgan fingerprint density at radius 2 is 2.04 bits per heavy atom. The van der Waals surface area contributed by atoms with Gasteiger partial charge in [-0.05, 0) is 50.5 Å². The molecule has 27 heavy (non-hydrogen) atoms. The Kier molecular flexibility index (Phi) is 6.24. The summed E-state index contributed by atoms with van der Waals surface area (Å²) in [4.78, 5) is 25.9. The van der Waals surface area contributed by atoms with Crippen molar-refractivity contribution in [2.45, 2.75) is 38.8 Å². The topological polar surface area (TPSA) is 81.9 Å². The first-order valence-electron chi connectivity index (χ1n) is 9.08. The molecule has 2 aromatic rings. The van der Waals surface area contributed by atoms with Gasteiger partial charge in [0.25, 0.3) is 5.91 Å². The molecule has 0 bridgehead atoms. The smallest absolute Gasteiger partial charge is 0.276 e. The van der Waals surface area contributed by atoms with Gasteiger partial charge in [0.2, 0.25) is 0 Å². The van der Waals surface area contributed by atoms with Crippen molar-refractivity contribution < 1.29 is 23.6 Å². The van der Waals surface area contributed by atoms with E-state index in [2.05, 4.69) is 5.16 Å². The Labute approximate surface area is 158 Å². The molecule has 0 saturated carbocycles. The number of aromatic nitrogens is 1. The minimum absolute atomic E-state index is 0.00410. The first-order valence-corrected chi connectivity index (χ1v) is 9.08. The summed E-state index contributed by atoms with van der Waals surface area (Å²) in [5, 5.41) is 3.90. The van der Waals surface area contributed by atoms with Crippen LogP contribution in [0.3, 0.4) is 0 Å². The lowest BCUT2D eigenvalue weighted by Crippen LogP contribution is -2.46. The summed E-state index contributed by atoms with van der Waals surface area (Å²) >= 11 is 0. The summed E-state index contributed by atoms with van der Waals surface area (Å²) in [6.45, 7) is 2.90. The maximum atomic E-state index is 12.7. The fraction of sp³-hybridized carbons (Fsp3) is 0.450. The number of carbonyl (C=O) groups excluding carboxylic acids is 2. The van der Waals surface area contributed by atoms with Crippen LogP contribution in [0, 0.1) is 0 Å². The third-order valence-electron chi connectivity index (χ3n) is 4.67. The van der Waals surface area contributed by atoms with E-state index in [9.17, 15) is 9.59 Å². The fourth-order valence-corrected chi connectivity index (χ4v) is 3.20. The Hall–Kier alpha value is -2.67. The van der Waals surface area contributed by atoms with Crippen LogP contribution in [0.1, 0.15) is 52.8 Å². The molecule has 0 N–H and O–H groups in total. The molecule has 1 aliphatic rings. The molecule has 0 radical (unpaired) electrons. The minimum atomic E-state index is -0.141. The minimum Gasteiger partial charge on any atom is -0.486 e. The van der Waals surface area contributed by atoms with Gasteiger partial charge in [-0.25, -0.2) is 0 Å². The molecule has 7 nitrogen and oxygen atoms in total. The van der Waals surface area contributed by atoms with Gasteiger partial charge in [0.1, 0.15) is 12.4 Å². The molecule has 7 heteroatoms. The van der Waals surface area contributed by atoms with Crippen molar-refractivity contribution in [1.29, 1.82) is 0 Å². The number of amides is 1. The van der Waals surface area contributed by atoms with E-state index in [1.165, 1.54) is 6.92 Å². The number of likely N-dealkylation sites (tertiary alicyclic amines) is 1. The molecule has 1 fully saturated rings. The van der Waals surface area contributed by atoms with Crippen molar-refractivity contribution in [3.8, 4) is 5.75 Å². The van der Waals surface area contributed by atoms with Crippen molar-refractivity contribution in [1.82, 2.24) is 10.1 Å². The Morgan fingerprint density at radius 3 is 2.74 bits per heavy atom.